The lowest BCUT2D eigenvalue weighted by Crippen LogP contribution is -2.29. The number of hydrogen-bond donors (Lipinski definition) is 0. The summed E-state index contributed by atoms with van der Waals surface area (Å²) in [6.07, 6.45) is 15.2. The number of nitrogens with zero attached hydrogens (tertiary/aromatic N) is 2. The van der Waals surface area contributed by atoms with Crippen LogP contribution in [0.15, 0.2) is 159 Å². The van der Waals surface area contributed by atoms with E-state index in [2.05, 4.69) is 117 Å². The van der Waals surface area contributed by atoms with Crippen molar-refractivity contribution in [3.8, 4) is 22.6 Å². The molecule has 4 nitrogen and oxygen atoms in total. The lowest BCUT2D eigenvalue weighted by molar-refractivity contribution is 0.281. The van der Waals surface area contributed by atoms with E-state index >= 15 is 0 Å². The first-order valence-corrected chi connectivity index (χ1v) is 21.7. The van der Waals surface area contributed by atoms with Crippen LogP contribution in [0, 0.1) is 11.3 Å². The fourth-order valence-electron chi connectivity index (χ4n) is 12.3. The van der Waals surface area contributed by atoms with Crippen LogP contribution in [0.3, 0.4) is 0 Å². The summed E-state index contributed by atoms with van der Waals surface area (Å²) < 4.78 is 13.2. The molecule has 286 valence electrons. The third-order valence-electron chi connectivity index (χ3n) is 14.9. The number of aromatic nitrogens is 2. The van der Waals surface area contributed by atoms with Crippen molar-refractivity contribution < 1.29 is 8.83 Å². The molecule has 59 heavy (non-hydrogen) atoms. The summed E-state index contributed by atoms with van der Waals surface area (Å²) in [6.45, 7) is 4.92. The first-order valence-electron chi connectivity index (χ1n) is 21.7. The van der Waals surface area contributed by atoms with Gasteiger partial charge in [0.1, 0.15) is 16.7 Å². The van der Waals surface area contributed by atoms with Crippen LogP contribution in [0.25, 0.3) is 77.8 Å². The smallest absolute Gasteiger partial charge is 0.231 e. The van der Waals surface area contributed by atoms with Crippen LogP contribution in [0.1, 0.15) is 81.9 Å². The van der Waals surface area contributed by atoms with Crippen LogP contribution >= 0.6 is 0 Å². The summed E-state index contributed by atoms with van der Waals surface area (Å²) in [6, 6.07) is 41.0. The molecule has 8 aromatic rings. The van der Waals surface area contributed by atoms with Crippen LogP contribution in [0.2, 0.25) is 0 Å². The maximum Gasteiger partial charge on any atom is 0.231 e. The fraction of sp³-hybridized carbons (Fsp3) is 0.236. The molecule has 1 saturated carbocycles. The molecule has 1 fully saturated rings. The molecule has 0 amide bonds. The summed E-state index contributed by atoms with van der Waals surface area (Å²) in [4.78, 5) is 10.4. The average Bonchev–Trinajstić information content (AvgIpc) is 3.99. The van der Waals surface area contributed by atoms with Crippen molar-refractivity contribution in [2.75, 3.05) is 0 Å². The van der Waals surface area contributed by atoms with Crippen LogP contribution < -0.4 is 0 Å². The minimum atomic E-state index is 0.0301. The second kappa shape index (κ2) is 12.1. The van der Waals surface area contributed by atoms with Gasteiger partial charge in [0.25, 0.3) is 0 Å². The summed E-state index contributed by atoms with van der Waals surface area (Å²) in [7, 11) is 0. The van der Waals surface area contributed by atoms with Gasteiger partial charge in [0, 0.05) is 38.5 Å². The van der Waals surface area contributed by atoms with E-state index in [4.69, 9.17) is 18.8 Å². The number of hydrogen-bond acceptors (Lipinski definition) is 4. The topological polar surface area (TPSA) is 52.1 Å². The van der Waals surface area contributed by atoms with Crippen molar-refractivity contribution >= 4 is 55.2 Å². The highest BCUT2D eigenvalue weighted by Gasteiger charge is 2.54. The van der Waals surface area contributed by atoms with Crippen molar-refractivity contribution in [3.05, 3.63) is 166 Å². The van der Waals surface area contributed by atoms with Crippen molar-refractivity contribution in [3.63, 3.8) is 0 Å². The Labute approximate surface area is 343 Å². The van der Waals surface area contributed by atoms with E-state index in [9.17, 15) is 0 Å². The molecule has 1 spiro atoms. The number of furan rings is 2. The van der Waals surface area contributed by atoms with Crippen LogP contribution in [-0.2, 0) is 5.41 Å². The minimum absolute atomic E-state index is 0.0301. The Morgan fingerprint density at radius 1 is 0.661 bits per heavy atom. The fourth-order valence-corrected chi connectivity index (χ4v) is 12.3. The highest BCUT2D eigenvalue weighted by atomic mass is 16.3. The number of allylic oxidation sites excluding steroid dienone is 8. The van der Waals surface area contributed by atoms with Crippen molar-refractivity contribution in [2.45, 2.75) is 70.6 Å². The highest BCUT2D eigenvalue weighted by Crippen LogP contribution is 2.67. The van der Waals surface area contributed by atoms with Gasteiger partial charge in [0.05, 0.1) is 16.6 Å². The molecule has 13 rings (SSSR count). The molecule has 0 radical (unpaired) electrons. The molecule has 0 bridgehead atoms. The number of para-hydroxylation sites is 2. The molecule has 3 heterocycles. The first-order chi connectivity index (χ1) is 29.0. The lowest BCUT2D eigenvalue weighted by Gasteiger charge is -2.41. The predicted octanol–water partition coefficient (Wildman–Crippen LogP) is 14.7. The zero-order chi connectivity index (χ0) is 39.0. The summed E-state index contributed by atoms with van der Waals surface area (Å²) in [5.74, 6) is 1.02. The Hall–Kier alpha value is -6.26. The third-order valence-corrected chi connectivity index (χ3v) is 14.9. The third kappa shape index (κ3) is 4.60. The van der Waals surface area contributed by atoms with E-state index in [1.54, 1.807) is 22.3 Å². The van der Waals surface area contributed by atoms with Gasteiger partial charge in [-0.25, -0.2) is 4.98 Å². The van der Waals surface area contributed by atoms with Crippen LogP contribution in [0.5, 0.6) is 0 Å². The zero-order valence-corrected chi connectivity index (χ0v) is 33.6. The molecular weight excluding hydrogens is 721 g/mol. The molecule has 3 aromatic heterocycles. The Morgan fingerprint density at radius 2 is 1.44 bits per heavy atom. The average molecular weight is 765 g/mol. The Morgan fingerprint density at radius 3 is 2.34 bits per heavy atom. The molecule has 4 heteroatoms. The van der Waals surface area contributed by atoms with Gasteiger partial charge in [-0.3, -0.25) is 0 Å². The molecule has 0 N–H and O–H groups in total. The van der Waals surface area contributed by atoms with Gasteiger partial charge >= 0.3 is 0 Å². The van der Waals surface area contributed by atoms with E-state index in [0.29, 0.717) is 17.5 Å². The Balaban J connectivity index is 0.951. The second-order valence-corrected chi connectivity index (χ2v) is 18.1. The number of rotatable bonds is 3. The monoisotopic (exact) mass is 764 g/mol. The molecular formula is C55H44N2O2. The Kier molecular flexibility index (Phi) is 6.93. The SMILES string of the molecule is CC1(C)C2=C(C=C3C(C2)C2=C(CCC=C2c2ccc4oc5c(-c6nc(-c7ccccc7)c7c(n6)oc6ccccc67)cccc5c4c2)C32CCCCC2)c2ccccc21. The molecule has 1 unspecified atom stereocenters. The molecule has 0 aliphatic heterocycles. The lowest BCUT2D eigenvalue weighted by atomic mass is 9.63. The zero-order valence-electron chi connectivity index (χ0n) is 33.6. The van der Waals surface area contributed by atoms with E-state index in [1.807, 2.05) is 24.3 Å². The quantitative estimate of drug-likeness (QED) is 0.180. The van der Waals surface area contributed by atoms with Gasteiger partial charge in [0.15, 0.2) is 5.82 Å². The van der Waals surface area contributed by atoms with Crippen LogP contribution in [0.4, 0.5) is 0 Å². The molecule has 5 aromatic carbocycles. The van der Waals surface area contributed by atoms with Gasteiger partial charge in [0.2, 0.25) is 5.71 Å². The van der Waals surface area contributed by atoms with E-state index in [1.165, 1.54) is 66.4 Å². The van der Waals surface area contributed by atoms with Crippen LogP contribution in [-0.4, -0.2) is 9.97 Å². The van der Waals surface area contributed by atoms with Crippen molar-refractivity contribution in [1.29, 1.82) is 0 Å². The molecule has 5 aliphatic rings. The molecule has 5 aliphatic carbocycles. The van der Waals surface area contributed by atoms with Gasteiger partial charge in [-0.2, -0.15) is 4.98 Å². The largest absolute Gasteiger partial charge is 0.455 e. The summed E-state index contributed by atoms with van der Waals surface area (Å²) >= 11 is 0. The normalized spacial score (nSPS) is 20.3. The highest BCUT2D eigenvalue weighted by molar-refractivity contribution is 6.13. The van der Waals surface area contributed by atoms with E-state index < -0.39 is 0 Å². The van der Waals surface area contributed by atoms with Gasteiger partial charge < -0.3 is 8.83 Å². The van der Waals surface area contributed by atoms with Gasteiger partial charge in [-0.05, 0) is 89.8 Å². The van der Waals surface area contributed by atoms with Gasteiger partial charge in [-0.1, -0.05) is 153 Å². The first kappa shape index (κ1) is 33.7. The molecule has 0 saturated heterocycles. The maximum absolute atomic E-state index is 6.80. The summed E-state index contributed by atoms with van der Waals surface area (Å²) in [5.41, 5.74) is 20.0. The van der Waals surface area contributed by atoms with E-state index in [-0.39, 0.29) is 10.8 Å². The molecule has 1 atom stereocenters. The predicted molar refractivity (Wildman–Crippen MR) is 240 cm³/mol. The Bertz CT molecular complexity index is 3250. The maximum atomic E-state index is 6.80. The van der Waals surface area contributed by atoms with Gasteiger partial charge in [-0.15, -0.1) is 0 Å². The minimum Gasteiger partial charge on any atom is -0.455 e. The van der Waals surface area contributed by atoms with Crippen molar-refractivity contribution in [2.24, 2.45) is 11.3 Å². The summed E-state index contributed by atoms with van der Waals surface area (Å²) in [5, 5.41) is 4.15. The van der Waals surface area contributed by atoms with E-state index in [0.717, 1.165) is 68.0 Å². The standard InChI is InChI=1S/C55H44N2O2/c1-54(2)42-22-9-7-17-35(42)39-30-45-41(31-44(39)54)48-34(19-14-23-43(48)55(45)27-11-4-12-28-55)33-25-26-47-40(29-33)36-20-13-21-38(51(36)58-47)52-56-50(32-15-5-3-6-16-32)49-37-18-8-10-24-46(37)59-53(49)57-52/h3,5-10,13,15-22,24-26,29-30,41H,4,11-12,14,23,27-28,31H2,1-2H3. The number of fused-ring (bicyclic) bond motifs is 12. The van der Waals surface area contributed by atoms with Crippen molar-refractivity contribution in [1.82, 2.24) is 9.97 Å². The number of benzene rings is 5. The second-order valence-electron chi connectivity index (χ2n) is 18.1.